The van der Waals surface area contributed by atoms with E-state index in [1.165, 1.54) is 0 Å². The van der Waals surface area contributed by atoms with Crippen LogP contribution in [0.3, 0.4) is 0 Å². The van der Waals surface area contributed by atoms with E-state index >= 15 is 0 Å². The van der Waals surface area contributed by atoms with Crippen LogP contribution in [0, 0.1) is 5.92 Å². The van der Waals surface area contributed by atoms with Crippen molar-refractivity contribution in [3.05, 3.63) is 0 Å². The van der Waals surface area contributed by atoms with Gasteiger partial charge in [-0.25, -0.2) is 13.1 Å². The lowest BCUT2D eigenvalue weighted by Crippen LogP contribution is -2.44. The van der Waals surface area contributed by atoms with Crippen molar-refractivity contribution in [3.63, 3.8) is 0 Å². The highest BCUT2D eigenvalue weighted by Crippen LogP contribution is 2.29. The molecular formula is C11H23N3O2S. The number of piperazine rings is 1. The van der Waals surface area contributed by atoms with Gasteiger partial charge in [0.1, 0.15) is 0 Å². The van der Waals surface area contributed by atoms with Crippen molar-refractivity contribution in [2.45, 2.75) is 19.3 Å². The first kappa shape index (κ1) is 13.3. The highest BCUT2D eigenvalue weighted by atomic mass is 32.2. The second-order valence-electron chi connectivity index (χ2n) is 5.06. The molecule has 2 aliphatic rings. The average molecular weight is 261 g/mol. The molecule has 1 aliphatic heterocycles. The summed E-state index contributed by atoms with van der Waals surface area (Å²) in [6.45, 7) is 5.83. The summed E-state index contributed by atoms with van der Waals surface area (Å²) < 4.78 is 25.9. The molecule has 0 aromatic rings. The monoisotopic (exact) mass is 261 g/mol. The fourth-order valence-electron chi connectivity index (χ4n) is 2.12. The Bertz CT molecular complexity index is 322. The summed E-state index contributed by atoms with van der Waals surface area (Å²) in [5, 5.41) is 3.30. The molecule has 0 unspecified atom stereocenters. The Labute approximate surface area is 104 Å². The van der Waals surface area contributed by atoms with Gasteiger partial charge in [0.05, 0.1) is 5.75 Å². The van der Waals surface area contributed by atoms with Crippen LogP contribution in [0.25, 0.3) is 0 Å². The van der Waals surface area contributed by atoms with Crippen LogP contribution in [0.15, 0.2) is 0 Å². The maximum Gasteiger partial charge on any atom is 0.211 e. The first-order valence-corrected chi connectivity index (χ1v) is 8.21. The van der Waals surface area contributed by atoms with E-state index in [9.17, 15) is 8.42 Å². The van der Waals surface area contributed by atoms with Crippen molar-refractivity contribution < 1.29 is 8.42 Å². The van der Waals surface area contributed by atoms with Gasteiger partial charge in [-0.1, -0.05) is 0 Å². The summed E-state index contributed by atoms with van der Waals surface area (Å²) in [5.74, 6) is 0.765. The molecule has 0 aromatic heterocycles. The fourth-order valence-corrected chi connectivity index (χ4v) is 3.65. The van der Waals surface area contributed by atoms with Crippen LogP contribution in [0.4, 0.5) is 0 Å². The van der Waals surface area contributed by atoms with Crippen LogP contribution in [-0.2, 0) is 10.0 Å². The Morgan fingerprint density at radius 3 is 2.59 bits per heavy atom. The highest BCUT2D eigenvalue weighted by molar-refractivity contribution is 7.89. The summed E-state index contributed by atoms with van der Waals surface area (Å²) in [4.78, 5) is 2.38. The molecule has 1 heterocycles. The van der Waals surface area contributed by atoms with Gasteiger partial charge in [0.2, 0.25) is 10.0 Å². The van der Waals surface area contributed by atoms with Gasteiger partial charge in [0, 0.05) is 32.7 Å². The zero-order valence-corrected chi connectivity index (χ0v) is 11.1. The van der Waals surface area contributed by atoms with Gasteiger partial charge in [-0.15, -0.1) is 0 Å². The van der Waals surface area contributed by atoms with Gasteiger partial charge < -0.3 is 10.2 Å². The minimum Gasteiger partial charge on any atom is -0.314 e. The van der Waals surface area contributed by atoms with E-state index in [-0.39, 0.29) is 0 Å². The summed E-state index contributed by atoms with van der Waals surface area (Å²) in [6, 6.07) is 0. The molecule has 100 valence electrons. The van der Waals surface area contributed by atoms with E-state index < -0.39 is 10.0 Å². The molecule has 2 fully saturated rings. The van der Waals surface area contributed by atoms with Crippen LogP contribution in [0.5, 0.6) is 0 Å². The summed E-state index contributed by atoms with van der Waals surface area (Å²) in [7, 11) is -3.00. The van der Waals surface area contributed by atoms with Gasteiger partial charge >= 0.3 is 0 Å². The molecule has 6 heteroatoms. The smallest absolute Gasteiger partial charge is 0.211 e. The summed E-state index contributed by atoms with van der Waals surface area (Å²) >= 11 is 0. The molecule has 0 bridgehead atoms. The van der Waals surface area contributed by atoms with Crippen LogP contribution in [0.1, 0.15) is 19.3 Å². The summed E-state index contributed by atoms with van der Waals surface area (Å²) in [5.41, 5.74) is 0. The Kier molecular flexibility index (Phi) is 4.78. The number of hydrogen-bond acceptors (Lipinski definition) is 4. The normalized spacial score (nSPS) is 22.8. The summed E-state index contributed by atoms with van der Waals surface area (Å²) in [6.07, 6.45) is 3.08. The zero-order valence-electron chi connectivity index (χ0n) is 10.3. The molecule has 0 spiro atoms. The predicted octanol–water partition coefficient (Wildman–Crippen LogP) is -0.389. The van der Waals surface area contributed by atoms with Crippen molar-refractivity contribution in [1.82, 2.24) is 14.9 Å². The van der Waals surface area contributed by atoms with Crippen molar-refractivity contribution in [3.8, 4) is 0 Å². The molecule has 5 nitrogen and oxygen atoms in total. The van der Waals surface area contributed by atoms with Crippen molar-refractivity contribution in [1.29, 1.82) is 0 Å². The minimum atomic E-state index is -3.00. The van der Waals surface area contributed by atoms with Gasteiger partial charge in [-0.3, -0.25) is 0 Å². The van der Waals surface area contributed by atoms with Crippen LogP contribution in [0.2, 0.25) is 0 Å². The molecule has 2 rings (SSSR count). The molecule has 0 aromatic carbocycles. The van der Waals surface area contributed by atoms with Crippen LogP contribution in [-0.4, -0.2) is 58.3 Å². The number of rotatable bonds is 7. The molecule has 0 amide bonds. The molecule has 1 saturated heterocycles. The number of sulfonamides is 1. The molecule has 1 saturated carbocycles. The first-order chi connectivity index (χ1) is 8.16. The van der Waals surface area contributed by atoms with Crippen molar-refractivity contribution >= 4 is 10.0 Å². The standard InChI is InChI=1S/C11H23N3O2S/c15-17(16,10-11-2-3-11)13-4-1-7-14-8-5-12-6-9-14/h11-13H,1-10H2. The Balaban J connectivity index is 1.55. The predicted molar refractivity (Wildman–Crippen MR) is 68.4 cm³/mol. The van der Waals surface area contributed by atoms with Gasteiger partial charge in [0.15, 0.2) is 0 Å². The van der Waals surface area contributed by atoms with E-state index in [4.69, 9.17) is 0 Å². The van der Waals surface area contributed by atoms with Crippen LogP contribution < -0.4 is 10.0 Å². The highest BCUT2D eigenvalue weighted by Gasteiger charge is 2.27. The molecule has 0 radical (unpaired) electrons. The van der Waals surface area contributed by atoms with Crippen LogP contribution >= 0.6 is 0 Å². The Hall–Kier alpha value is -0.170. The van der Waals surface area contributed by atoms with E-state index in [1.807, 2.05) is 0 Å². The van der Waals surface area contributed by atoms with Crippen molar-refractivity contribution in [2.75, 3.05) is 45.0 Å². The third-order valence-electron chi connectivity index (χ3n) is 3.33. The maximum absolute atomic E-state index is 11.6. The zero-order chi connectivity index (χ0) is 12.1. The van der Waals surface area contributed by atoms with Gasteiger partial charge in [-0.2, -0.15) is 0 Å². The first-order valence-electron chi connectivity index (χ1n) is 6.56. The average Bonchev–Trinajstić information content (AvgIpc) is 3.09. The second kappa shape index (κ2) is 6.13. The number of hydrogen-bond donors (Lipinski definition) is 2. The van der Waals surface area contributed by atoms with Gasteiger partial charge in [0.25, 0.3) is 0 Å². The lowest BCUT2D eigenvalue weighted by molar-refractivity contribution is 0.239. The molecular weight excluding hydrogens is 238 g/mol. The third-order valence-corrected chi connectivity index (χ3v) is 4.89. The quantitative estimate of drug-likeness (QED) is 0.613. The molecule has 1 aliphatic carbocycles. The van der Waals surface area contributed by atoms with Crippen molar-refractivity contribution in [2.24, 2.45) is 5.92 Å². The Morgan fingerprint density at radius 2 is 1.94 bits per heavy atom. The lowest BCUT2D eigenvalue weighted by Gasteiger charge is -2.27. The largest absolute Gasteiger partial charge is 0.314 e. The topological polar surface area (TPSA) is 61.4 Å². The molecule has 0 atom stereocenters. The molecule has 2 N–H and O–H groups in total. The number of nitrogens with zero attached hydrogens (tertiary/aromatic N) is 1. The van der Waals surface area contributed by atoms with E-state index in [2.05, 4.69) is 14.9 Å². The third kappa shape index (κ3) is 5.33. The van der Waals surface area contributed by atoms with E-state index in [0.29, 0.717) is 18.2 Å². The van der Waals surface area contributed by atoms with E-state index in [1.54, 1.807) is 0 Å². The lowest BCUT2D eigenvalue weighted by atomic mass is 10.3. The van der Waals surface area contributed by atoms with E-state index in [0.717, 1.165) is 52.0 Å². The number of nitrogens with one attached hydrogen (secondary N) is 2. The SMILES string of the molecule is O=S(=O)(CC1CC1)NCCCN1CCNCC1. The Morgan fingerprint density at radius 1 is 1.24 bits per heavy atom. The second-order valence-corrected chi connectivity index (χ2v) is 6.92. The minimum absolute atomic E-state index is 0.334. The fraction of sp³-hybridized carbons (Fsp3) is 1.00. The van der Waals surface area contributed by atoms with Gasteiger partial charge in [-0.05, 0) is 31.7 Å². The maximum atomic E-state index is 11.6. The molecule has 17 heavy (non-hydrogen) atoms.